The lowest BCUT2D eigenvalue weighted by molar-refractivity contribution is 0.103. The molecule has 8 aromatic rings. The zero-order valence-electron chi connectivity index (χ0n) is 30.5. The van der Waals surface area contributed by atoms with Crippen molar-refractivity contribution in [3.05, 3.63) is 214 Å². The van der Waals surface area contributed by atoms with Crippen LogP contribution in [0.5, 0.6) is 46.0 Å². The molecule has 0 unspecified atom stereocenters. The van der Waals surface area contributed by atoms with Crippen LogP contribution in [0.2, 0.25) is 10.0 Å². The van der Waals surface area contributed by atoms with Gasteiger partial charge in [0.15, 0.2) is 11.6 Å². The first-order valence-electron chi connectivity index (χ1n) is 18.3. The molecule has 0 amide bonds. The molecule has 10 aliphatic rings. The van der Waals surface area contributed by atoms with Gasteiger partial charge in [0.25, 0.3) is 0 Å². The largest absolute Gasteiger partial charge is 0.457 e. The van der Waals surface area contributed by atoms with Gasteiger partial charge in [0.05, 0.1) is 0 Å². The van der Waals surface area contributed by atoms with Crippen LogP contribution >= 0.6 is 23.2 Å². The molecule has 10 heterocycles. The van der Waals surface area contributed by atoms with E-state index in [1.807, 2.05) is 84.9 Å². The Hall–Kier alpha value is -7.12. The van der Waals surface area contributed by atoms with Gasteiger partial charge in [-0.1, -0.05) is 47.5 Å². The van der Waals surface area contributed by atoms with Gasteiger partial charge in [-0.2, -0.15) is 0 Å². The van der Waals surface area contributed by atoms with E-state index < -0.39 is 0 Å². The van der Waals surface area contributed by atoms with Crippen LogP contribution in [-0.4, -0.2) is 11.6 Å². The van der Waals surface area contributed by atoms with Crippen molar-refractivity contribution >= 4 is 34.8 Å². The number of hydrogen-bond donors (Lipinski definition) is 0. The number of ether oxygens (including phenoxy) is 4. The zero-order valence-corrected chi connectivity index (χ0v) is 32.0. The molecular formula is C50H30Cl2O6. The third kappa shape index (κ3) is 7.93. The monoisotopic (exact) mass is 796 g/mol. The van der Waals surface area contributed by atoms with Crippen molar-refractivity contribution in [2.24, 2.45) is 0 Å². The van der Waals surface area contributed by atoms with E-state index in [4.69, 9.17) is 42.1 Å². The predicted molar refractivity (Wildman–Crippen MR) is 227 cm³/mol. The Balaban J connectivity index is 1.09. The lowest BCUT2D eigenvalue weighted by atomic mass is 10.0. The van der Waals surface area contributed by atoms with E-state index in [9.17, 15) is 9.59 Å². The second-order valence-electron chi connectivity index (χ2n) is 13.5. The topological polar surface area (TPSA) is 71.1 Å². The van der Waals surface area contributed by atoms with E-state index in [0.29, 0.717) is 78.3 Å². The van der Waals surface area contributed by atoms with E-state index in [-0.39, 0.29) is 11.6 Å². The first-order valence-corrected chi connectivity index (χ1v) is 19.1. The lowest BCUT2D eigenvalue weighted by Crippen LogP contribution is -2.01. The van der Waals surface area contributed by atoms with Gasteiger partial charge < -0.3 is 18.9 Å². The summed E-state index contributed by atoms with van der Waals surface area (Å²) in [6.07, 6.45) is 0. The van der Waals surface area contributed by atoms with Gasteiger partial charge in [0.2, 0.25) is 0 Å². The molecular weight excluding hydrogens is 767 g/mol. The summed E-state index contributed by atoms with van der Waals surface area (Å²) in [4.78, 5) is 27.1. The van der Waals surface area contributed by atoms with Crippen molar-refractivity contribution < 1.29 is 28.5 Å². The highest BCUT2D eigenvalue weighted by Crippen LogP contribution is 2.40. The van der Waals surface area contributed by atoms with Gasteiger partial charge in [-0.05, 0) is 169 Å². The molecule has 8 aromatic carbocycles. The minimum absolute atomic E-state index is 0.138. The van der Waals surface area contributed by atoms with E-state index in [0.717, 1.165) is 22.3 Å². The normalized spacial score (nSPS) is 12.2. The fourth-order valence-electron chi connectivity index (χ4n) is 6.59. The second-order valence-corrected chi connectivity index (χ2v) is 14.4. The number of carbonyl (C=O) groups excluding carboxylic acids is 2. The molecule has 6 nitrogen and oxygen atoms in total. The summed E-state index contributed by atoms with van der Waals surface area (Å²) < 4.78 is 25.3. The summed E-state index contributed by atoms with van der Waals surface area (Å²) in [6.45, 7) is 0. The highest BCUT2D eigenvalue weighted by molar-refractivity contribution is 6.31. The van der Waals surface area contributed by atoms with Crippen LogP contribution < -0.4 is 18.9 Å². The molecule has 280 valence electrons. The number of halogens is 2. The fraction of sp³-hybridized carbons (Fsp3) is 0. The SMILES string of the molecule is O=C1c2ccc(cc2)Oc2ccc(c(-c3ccc(Cl)cc3)c2)Oc2ccc(cc2)C(=O)c2ccc(cc2)Oc2ccc(cc2-c2ccc(Cl)cc2)Oc2ccc1cc2. The molecule has 12 bridgehead atoms. The van der Waals surface area contributed by atoms with Gasteiger partial charge >= 0.3 is 0 Å². The average molecular weight is 798 g/mol. The minimum Gasteiger partial charge on any atom is -0.457 e. The molecule has 0 saturated carbocycles. The van der Waals surface area contributed by atoms with Crippen LogP contribution in [0.25, 0.3) is 22.3 Å². The maximum atomic E-state index is 13.6. The molecule has 8 heteroatoms. The molecule has 0 fully saturated rings. The van der Waals surface area contributed by atoms with Crippen LogP contribution in [0.3, 0.4) is 0 Å². The molecule has 10 aliphatic heterocycles. The highest BCUT2D eigenvalue weighted by atomic mass is 35.5. The van der Waals surface area contributed by atoms with Crippen LogP contribution in [0, 0.1) is 0 Å². The van der Waals surface area contributed by atoms with Crippen LogP contribution in [-0.2, 0) is 0 Å². The Bertz CT molecular complexity index is 2590. The van der Waals surface area contributed by atoms with Crippen molar-refractivity contribution in [2.45, 2.75) is 0 Å². The first-order chi connectivity index (χ1) is 28.3. The standard InChI is InChI=1S/C50H30Cl2O6/c51-37-13-1-31(2-14-37)45-29-43-25-27-47(45)57-41-21-9-35(10-22-41)50(54)36-11-23-42(24-12-36)58-48-28-26-44(30-46(48)32-3-15-38(52)16-4-32)56-40-19-7-34(8-20-40)49(53)33-5-17-39(55-43)18-6-33/h1-30H. The molecule has 0 atom stereocenters. The quantitative estimate of drug-likeness (QED) is 0.173. The van der Waals surface area contributed by atoms with E-state index in [1.165, 1.54) is 0 Å². The summed E-state index contributed by atoms with van der Waals surface area (Å²) in [6, 6.07) is 54.0. The summed E-state index contributed by atoms with van der Waals surface area (Å²) in [5.74, 6) is 4.22. The van der Waals surface area contributed by atoms with Crippen molar-refractivity contribution in [1.82, 2.24) is 0 Å². The van der Waals surface area contributed by atoms with E-state index in [2.05, 4.69) is 0 Å². The Kier molecular flexibility index (Phi) is 9.94. The number of benzene rings is 8. The number of hydrogen-bond acceptors (Lipinski definition) is 6. The maximum absolute atomic E-state index is 13.6. The molecule has 0 spiro atoms. The summed E-state index contributed by atoms with van der Waals surface area (Å²) in [7, 11) is 0. The molecule has 0 saturated heterocycles. The number of carbonyl (C=O) groups is 2. The van der Waals surface area contributed by atoms with Crippen molar-refractivity contribution in [3.63, 3.8) is 0 Å². The third-order valence-corrected chi connectivity index (χ3v) is 10.1. The Labute approximate surface area is 344 Å². The second kappa shape index (κ2) is 15.8. The van der Waals surface area contributed by atoms with Crippen LogP contribution in [0.1, 0.15) is 31.8 Å². The highest BCUT2D eigenvalue weighted by Gasteiger charge is 2.16. The Morgan fingerprint density at radius 1 is 0.276 bits per heavy atom. The molecule has 0 aliphatic carbocycles. The molecule has 0 radical (unpaired) electrons. The Morgan fingerprint density at radius 3 is 0.845 bits per heavy atom. The number of rotatable bonds is 2. The third-order valence-electron chi connectivity index (χ3n) is 9.61. The van der Waals surface area contributed by atoms with Gasteiger partial charge in [-0.3, -0.25) is 9.59 Å². The Morgan fingerprint density at radius 2 is 0.534 bits per heavy atom. The zero-order chi connectivity index (χ0) is 39.6. The minimum atomic E-state index is -0.144. The lowest BCUT2D eigenvalue weighted by Gasteiger charge is -2.15. The average Bonchev–Trinajstić information content (AvgIpc) is 3.26. The molecule has 0 aromatic heterocycles. The van der Waals surface area contributed by atoms with Crippen LogP contribution in [0.15, 0.2) is 182 Å². The van der Waals surface area contributed by atoms with Crippen molar-refractivity contribution in [2.75, 3.05) is 0 Å². The fourth-order valence-corrected chi connectivity index (χ4v) is 6.84. The maximum Gasteiger partial charge on any atom is 0.193 e. The smallest absolute Gasteiger partial charge is 0.193 e. The molecule has 58 heavy (non-hydrogen) atoms. The molecule has 18 rings (SSSR count). The summed E-state index contributed by atoms with van der Waals surface area (Å²) in [5.41, 5.74) is 5.30. The van der Waals surface area contributed by atoms with E-state index in [1.54, 1.807) is 97.1 Å². The van der Waals surface area contributed by atoms with Gasteiger partial charge in [0, 0.05) is 43.4 Å². The van der Waals surface area contributed by atoms with Crippen LogP contribution in [0.4, 0.5) is 0 Å². The molecule has 0 N–H and O–H groups in total. The van der Waals surface area contributed by atoms with Crippen molar-refractivity contribution in [3.8, 4) is 68.2 Å². The predicted octanol–water partition coefficient (Wildman–Crippen LogP) is 14.3. The van der Waals surface area contributed by atoms with Gasteiger partial charge in [-0.15, -0.1) is 0 Å². The van der Waals surface area contributed by atoms with Gasteiger partial charge in [0.1, 0.15) is 46.0 Å². The van der Waals surface area contributed by atoms with Gasteiger partial charge in [-0.25, -0.2) is 0 Å². The summed E-state index contributed by atoms with van der Waals surface area (Å²) >= 11 is 12.4. The first kappa shape index (κ1) is 36.5. The van der Waals surface area contributed by atoms with Crippen molar-refractivity contribution in [1.29, 1.82) is 0 Å². The van der Waals surface area contributed by atoms with E-state index >= 15 is 0 Å². The summed E-state index contributed by atoms with van der Waals surface area (Å²) in [5, 5.41) is 1.22. The number of ketones is 2.